The Kier molecular flexibility index (Phi) is 4.41. The van der Waals surface area contributed by atoms with Crippen LogP contribution in [0.5, 0.6) is 11.5 Å². The lowest BCUT2D eigenvalue weighted by molar-refractivity contribution is 0.387. The highest BCUT2D eigenvalue weighted by Gasteiger charge is 2.13. The van der Waals surface area contributed by atoms with Crippen molar-refractivity contribution in [3.8, 4) is 17.6 Å². The topological polar surface area (TPSA) is 62.3 Å². The number of para-hydroxylation sites is 2. The molecule has 0 saturated carbocycles. The van der Waals surface area contributed by atoms with Crippen molar-refractivity contribution in [1.29, 1.82) is 5.26 Å². The maximum atomic E-state index is 13.8. The molecule has 0 spiro atoms. The molecule has 5 heteroatoms. The van der Waals surface area contributed by atoms with Crippen molar-refractivity contribution >= 4 is 5.69 Å². The SMILES string of the molecule is CN(C)Cc1cc(C#N)c([18F])cc1Oc1ccccc1N. The van der Waals surface area contributed by atoms with Crippen LogP contribution in [-0.4, -0.2) is 19.0 Å². The molecule has 4 nitrogen and oxygen atoms in total. The minimum absolute atomic E-state index is 0.000216. The third kappa shape index (κ3) is 3.50. The van der Waals surface area contributed by atoms with Crippen molar-refractivity contribution < 1.29 is 9.13 Å². The van der Waals surface area contributed by atoms with E-state index in [1.54, 1.807) is 24.3 Å². The summed E-state index contributed by atoms with van der Waals surface area (Å²) in [5, 5.41) is 8.94. The monoisotopic (exact) mass is 284 g/mol. The summed E-state index contributed by atoms with van der Waals surface area (Å²) in [6.07, 6.45) is 0. The minimum Gasteiger partial charge on any atom is -0.455 e. The zero-order valence-electron chi connectivity index (χ0n) is 11.9. The molecule has 2 aromatic rings. The summed E-state index contributed by atoms with van der Waals surface area (Å²) in [4.78, 5) is 1.91. The van der Waals surface area contributed by atoms with Gasteiger partial charge >= 0.3 is 0 Å². The number of rotatable bonds is 4. The average Bonchev–Trinajstić information content (AvgIpc) is 2.43. The number of nitrogens with two attached hydrogens (primary N) is 1. The molecule has 0 aliphatic heterocycles. The van der Waals surface area contributed by atoms with Gasteiger partial charge in [0.25, 0.3) is 0 Å². The molecule has 0 amide bonds. The summed E-state index contributed by atoms with van der Waals surface area (Å²) in [7, 11) is 3.77. The van der Waals surface area contributed by atoms with E-state index in [-0.39, 0.29) is 5.56 Å². The van der Waals surface area contributed by atoms with E-state index in [9.17, 15) is 4.39 Å². The normalized spacial score (nSPS) is 10.4. The van der Waals surface area contributed by atoms with Crippen molar-refractivity contribution in [1.82, 2.24) is 4.90 Å². The molecule has 0 atom stereocenters. The number of ether oxygens (including phenoxy) is 1. The molecule has 0 aliphatic rings. The van der Waals surface area contributed by atoms with E-state index in [4.69, 9.17) is 15.7 Å². The Balaban J connectivity index is 2.44. The number of hydrogen-bond acceptors (Lipinski definition) is 4. The molecule has 2 rings (SSSR count). The van der Waals surface area contributed by atoms with Gasteiger partial charge in [0.05, 0.1) is 11.3 Å². The third-order valence-corrected chi connectivity index (χ3v) is 2.90. The maximum absolute atomic E-state index is 13.8. The molecule has 2 N–H and O–H groups in total. The van der Waals surface area contributed by atoms with Crippen LogP contribution in [0.25, 0.3) is 0 Å². The first-order valence-electron chi connectivity index (χ1n) is 6.41. The molecule has 0 heterocycles. The highest BCUT2D eigenvalue weighted by atomic mass is 18.2. The first kappa shape index (κ1) is 14.8. The Hall–Kier alpha value is -2.58. The van der Waals surface area contributed by atoms with Gasteiger partial charge in [-0.05, 0) is 32.3 Å². The van der Waals surface area contributed by atoms with Crippen LogP contribution in [0.3, 0.4) is 0 Å². The van der Waals surface area contributed by atoms with Crippen LogP contribution < -0.4 is 10.5 Å². The van der Waals surface area contributed by atoms with Crippen LogP contribution in [0.15, 0.2) is 36.4 Å². The number of nitriles is 1. The summed E-state index contributed by atoms with van der Waals surface area (Å²) in [5.41, 5.74) is 7.03. The van der Waals surface area contributed by atoms with Gasteiger partial charge in [0.2, 0.25) is 0 Å². The first-order chi connectivity index (χ1) is 10.0. The van der Waals surface area contributed by atoms with Gasteiger partial charge < -0.3 is 15.4 Å². The summed E-state index contributed by atoms with van der Waals surface area (Å²) in [6.45, 7) is 0.525. The Bertz CT molecular complexity index is 692. The first-order valence-corrected chi connectivity index (χ1v) is 6.41. The number of anilines is 1. The number of nitrogen functional groups attached to an aromatic ring is 1. The molecular weight excluding hydrogens is 268 g/mol. The molecule has 0 unspecified atom stereocenters. The van der Waals surface area contributed by atoms with Crippen LogP contribution in [0.4, 0.5) is 10.1 Å². The molecule has 108 valence electrons. The Labute approximate surface area is 123 Å². The van der Waals surface area contributed by atoms with Crippen molar-refractivity contribution in [2.24, 2.45) is 0 Å². The van der Waals surface area contributed by atoms with Gasteiger partial charge in [0, 0.05) is 18.2 Å². The summed E-state index contributed by atoms with van der Waals surface area (Å²) in [6, 6.07) is 11.6. The van der Waals surface area contributed by atoms with Gasteiger partial charge in [0.1, 0.15) is 23.4 Å². The second kappa shape index (κ2) is 6.25. The van der Waals surface area contributed by atoms with Crippen LogP contribution in [0.1, 0.15) is 11.1 Å². The molecule has 0 bridgehead atoms. The van der Waals surface area contributed by atoms with Gasteiger partial charge in [-0.15, -0.1) is 0 Å². The molecule has 0 aliphatic carbocycles. The number of nitrogens with zero attached hydrogens (tertiary/aromatic N) is 2. The smallest absolute Gasteiger partial charge is 0.150 e. The highest BCUT2D eigenvalue weighted by Crippen LogP contribution is 2.31. The number of hydrogen-bond donors (Lipinski definition) is 1. The second-order valence-corrected chi connectivity index (χ2v) is 4.93. The lowest BCUT2D eigenvalue weighted by atomic mass is 10.1. The Morgan fingerprint density at radius 2 is 1.95 bits per heavy atom. The van der Waals surface area contributed by atoms with Crippen LogP contribution >= 0.6 is 0 Å². The van der Waals surface area contributed by atoms with Crippen molar-refractivity contribution in [3.63, 3.8) is 0 Å². The zero-order chi connectivity index (χ0) is 15.4. The van der Waals surface area contributed by atoms with Crippen LogP contribution in [0.2, 0.25) is 0 Å². The van der Waals surface area contributed by atoms with Crippen molar-refractivity contribution in [2.75, 3.05) is 19.8 Å². The second-order valence-electron chi connectivity index (χ2n) is 4.93. The molecule has 0 saturated heterocycles. The minimum atomic E-state index is -0.607. The van der Waals surface area contributed by atoms with Crippen molar-refractivity contribution in [2.45, 2.75) is 6.54 Å². The quantitative estimate of drug-likeness (QED) is 0.876. The molecule has 0 aromatic heterocycles. The fraction of sp³-hybridized carbons (Fsp3) is 0.188. The summed E-state index contributed by atoms with van der Waals surface area (Å²) in [5.74, 6) is 0.212. The predicted molar refractivity (Wildman–Crippen MR) is 79.4 cm³/mol. The van der Waals surface area contributed by atoms with Crippen LogP contribution in [-0.2, 0) is 6.54 Å². The number of benzene rings is 2. The largest absolute Gasteiger partial charge is 0.455 e. The molecule has 0 radical (unpaired) electrons. The Morgan fingerprint density at radius 1 is 1.24 bits per heavy atom. The molecule has 2 aromatic carbocycles. The van der Waals surface area contributed by atoms with Gasteiger partial charge in [-0.25, -0.2) is 4.39 Å². The van der Waals surface area contributed by atoms with Crippen molar-refractivity contribution in [3.05, 3.63) is 53.3 Å². The predicted octanol–water partition coefficient (Wildman–Crippen LogP) is 3.13. The van der Waals surface area contributed by atoms with Gasteiger partial charge in [0.15, 0.2) is 0 Å². The molecule has 0 fully saturated rings. The summed E-state index contributed by atoms with van der Waals surface area (Å²) < 4.78 is 19.5. The van der Waals surface area contributed by atoms with E-state index < -0.39 is 5.82 Å². The maximum Gasteiger partial charge on any atom is 0.150 e. The van der Waals surface area contributed by atoms with E-state index in [1.165, 1.54) is 12.1 Å². The fourth-order valence-corrected chi connectivity index (χ4v) is 1.94. The zero-order valence-corrected chi connectivity index (χ0v) is 11.9. The van der Waals surface area contributed by atoms with E-state index in [1.807, 2.05) is 25.1 Å². The molecular formula is C16H16FN3O. The van der Waals surface area contributed by atoms with Gasteiger partial charge in [-0.2, -0.15) is 5.26 Å². The fourth-order valence-electron chi connectivity index (χ4n) is 1.94. The lowest BCUT2D eigenvalue weighted by Gasteiger charge is -2.16. The third-order valence-electron chi connectivity index (χ3n) is 2.90. The average molecular weight is 284 g/mol. The number of halogens is 1. The van der Waals surface area contributed by atoms with Crippen LogP contribution in [0, 0.1) is 17.1 Å². The van der Waals surface area contributed by atoms with E-state index >= 15 is 0 Å². The Morgan fingerprint density at radius 3 is 2.57 bits per heavy atom. The van der Waals surface area contributed by atoms with Gasteiger partial charge in [-0.1, -0.05) is 12.1 Å². The lowest BCUT2D eigenvalue weighted by Crippen LogP contribution is -2.12. The summed E-state index contributed by atoms with van der Waals surface area (Å²) >= 11 is 0. The highest BCUT2D eigenvalue weighted by molar-refractivity contribution is 5.55. The standard InChI is InChI=1S/C16H16FN3O/c1-20(2)10-12-7-11(9-18)13(17)8-16(12)21-15-6-4-3-5-14(15)19/h3-8H,10,19H2,1-2H3/i17-1. The molecule has 21 heavy (non-hydrogen) atoms. The van der Waals surface area contributed by atoms with E-state index in [2.05, 4.69) is 0 Å². The van der Waals surface area contributed by atoms with Gasteiger partial charge in [-0.3, -0.25) is 0 Å². The van der Waals surface area contributed by atoms with E-state index in [0.29, 0.717) is 23.7 Å². The van der Waals surface area contributed by atoms with E-state index in [0.717, 1.165) is 5.56 Å².